The Bertz CT molecular complexity index is 712. The Balaban J connectivity index is 1.90. The molecule has 2 heterocycles. The lowest BCUT2D eigenvalue weighted by Crippen LogP contribution is -2.55. The fourth-order valence-corrected chi connectivity index (χ4v) is 3.07. The lowest BCUT2D eigenvalue weighted by Gasteiger charge is -2.42. The minimum atomic E-state index is -0.735. The summed E-state index contributed by atoms with van der Waals surface area (Å²) in [5.41, 5.74) is 1.02. The van der Waals surface area contributed by atoms with Crippen molar-refractivity contribution in [2.45, 2.75) is 18.5 Å². The number of hydrogen-bond donors (Lipinski definition) is 1. The fraction of sp³-hybridized carbons (Fsp3) is 0.438. The van der Waals surface area contributed by atoms with Crippen LogP contribution in [0.25, 0.3) is 0 Å². The fourth-order valence-electron chi connectivity index (χ4n) is 3.07. The van der Waals surface area contributed by atoms with Crippen molar-refractivity contribution >= 4 is 5.91 Å². The Morgan fingerprint density at radius 2 is 2.22 bits per heavy atom. The van der Waals surface area contributed by atoms with Crippen LogP contribution in [-0.2, 0) is 23.9 Å². The topological polar surface area (TPSA) is 72.3 Å². The first-order chi connectivity index (χ1) is 11.1. The second-order valence-corrected chi connectivity index (χ2v) is 5.88. The van der Waals surface area contributed by atoms with E-state index in [0.29, 0.717) is 19.6 Å². The molecule has 1 aromatic carbocycles. The molecule has 0 aliphatic carbocycles. The highest BCUT2D eigenvalue weighted by atomic mass is 16.5. The Morgan fingerprint density at radius 3 is 2.91 bits per heavy atom. The van der Waals surface area contributed by atoms with Crippen LogP contribution in [0.2, 0.25) is 0 Å². The van der Waals surface area contributed by atoms with E-state index in [-0.39, 0.29) is 5.91 Å². The van der Waals surface area contributed by atoms with E-state index in [1.807, 2.05) is 43.3 Å². The van der Waals surface area contributed by atoms with E-state index >= 15 is 0 Å². The lowest BCUT2D eigenvalue weighted by atomic mass is 9.82. The number of aryl methyl sites for hydroxylation is 1. The van der Waals surface area contributed by atoms with Crippen LogP contribution in [0.1, 0.15) is 17.7 Å². The molecule has 1 amide bonds. The Morgan fingerprint density at radius 1 is 1.43 bits per heavy atom. The van der Waals surface area contributed by atoms with Crippen LogP contribution in [0.3, 0.4) is 0 Å². The van der Waals surface area contributed by atoms with Crippen molar-refractivity contribution in [2.75, 3.05) is 20.7 Å². The summed E-state index contributed by atoms with van der Waals surface area (Å²) < 4.78 is 7.37. The standard InChI is InChI=1S/C16H21N5O2/c1-20(2)16(8-9-23-14-7-5-4-6-13(14)16)15(22)17-10-12-11-18-19-21(12)3/h4-7,11H,8-10H2,1-3H3,(H,17,22). The molecule has 0 bridgehead atoms. The number of carbonyl (C=O) groups excluding carboxylic acids is 1. The first-order valence-electron chi connectivity index (χ1n) is 7.57. The molecule has 1 aromatic heterocycles. The Kier molecular flexibility index (Phi) is 4.04. The Hall–Kier alpha value is -2.41. The van der Waals surface area contributed by atoms with Gasteiger partial charge in [-0.15, -0.1) is 5.10 Å². The monoisotopic (exact) mass is 315 g/mol. The molecule has 0 radical (unpaired) electrons. The van der Waals surface area contributed by atoms with Gasteiger partial charge in [0.15, 0.2) is 0 Å². The molecule has 1 N–H and O–H groups in total. The number of nitrogens with zero attached hydrogens (tertiary/aromatic N) is 4. The predicted octanol–water partition coefficient (Wildman–Crippen LogP) is 0.671. The van der Waals surface area contributed by atoms with Crippen LogP contribution >= 0.6 is 0 Å². The van der Waals surface area contributed by atoms with E-state index in [2.05, 4.69) is 15.6 Å². The zero-order valence-corrected chi connectivity index (χ0v) is 13.6. The summed E-state index contributed by atoms with van der Waals surface area (Å²) in [6, 6.07) is 7.72. The van der Waals surface area contributed by atoms with Crippen molar-refractivity contribution in [3.05, 3.63) is 41.7 Å². The highest BCUT2D eigenvalue weighted by Gasteiger charge is 2.46. The molecule has 0 spiro atoms. The van der Waals surface area contributed by atoms with Gasteiger partial charge >= 0.3 is 0 Å². The third-order valence-electron chi connectivity index (χ3n) is 4.43. The highest BCUT2D eigenvalue weighted by Crippen LogP contribution is 2.40. The van der Waals surface area contributed by atoms with Gasteiger partial charge in [-0.1, -0.05) is 23.4 Å². The number of fused-ring (bicyclic) bond motifs is 1. The number of ether oxygens (including phenoxy) is 1. The number of carbonyl (C=O) groups is 1. The maximum absolute atomic E-state index is 13.1. The number of hydrogen-bond acceptors (Lipinski definition) is 5. The van der Waals surface area contributed by atoms with Crippen LogP contribution in [0.4, 0.5) is 0 Å². The minimum absolute atomic E-state index is 0.0422. The van der Waals surface area contributed by atoms with Crippen molar-refractivity contribution in [3.63, 3.8) is 0 Å². The molecular formula is C16H21N5O2. The average molecular weight is 315 g/mol. The van der Waals surface area contributed by atoms with Gasteiger partial charge in [-0.25, -0.2) is 0 Å². The van der Waals surface area contributed by atoms with Crippen LogP contribution in [0.15, 0.2) is 30.5 Å². The van der Waals surface area contributed by atoms with Crippen molar-refractivity contribution in [2.24, 2.45) is 7.05 Å². The number of benzene rings is 1. The van der Waals surface area contributed by atoms with Gasteiger partial charge in [0.25, 0.3) is 0 Å². The zero-order chi connectivity index (χ0) is 16.4. The van der Waals surface area contributed by atoms with Gasteiger partial charge in [-0.3, -0.25) is 14.4 Å². The van der Waals surface area contributed by atoms with E-state index < -0.39 is 5.54 Å². The molecule has 1 aliphatic heterocycles. The summed E-state index contributed by atoms with van der Waals surface area (Å²) in [6.45, 7) is 0.900. The van der Waals surface area contributed by atoms with Gasteiger partial charge in [0.05, 0.1) is 25.0 Å². The minimum Gasteiger partial charge on any atom is -0.493 e. The van der Waals surface area contributed by atoms with Gasteiger partial charge in [-0.05, 0) is 20.2 Å². The summed E-state index contributed by atoms with van der Waals surface area (Å²) in [6.07, 6.45) is 2.26. The first-order valence-corrected chi connectivity index (χ1v) is 7.57. The van der Waals surface area contributed by atoms with E-state index in [1.54, 1.807) is 17.9 Å². The molecule has 1 unspecified atom stereocenters. The van der Waals surface area contributed by atoms with Crippen LogP contribution in [-0.4, -0.2) is 46.5 Å². The van der Waals surface area contributed by atoms with E-state index in [1.165, 1.54) is 0 Å². The number of rotatable bonds is 4. The molecule has 23 heavy (non-hydrogen) atoms. The van der Waals surface area contributed by atoms with Gasteiger partial charge in [-0.2, -0.15) is 0 Å². The number of para-hydroxylation sites is 1. The van der Waals surface area contributed by atoms with Gasteiger partial charge in [0, 0.05) is 19.0 Å². The lowest BCUT2D eigenvalue weighted by molar-refractivity contribution is -0.135. The smallest absolute Gasteiger partial charge is 0.245 e. The van der Waals surface area contributed by atoms with Crippen LogP contribution < -0.4 is 10.1 Å². The normalized spacial score (nSPS) is 20.0. The van der Waals surface area contributed by atoms with Gasteiger partial charge in [0.1, 0.15) is 11.3 Å². The SMILES string of the molecule is CN(C)C1(C(=O)NCc2cnnn2C)CCOc2ccccc21. The predicted molar refractivity (Wildman–Crippen MR) is 84.8 cm³/mol. The van der Waals surface area contributed by atoms with Crippen molar-refractivity contribution < 1.29 is 9.53 Å². The molecule has 1 atom stereocenters. The number of likely N-dealkylation sites (N-methyl/N-ethyl adjacent to an activating group) is 1. The summed E-state index contributed by atoms with van der Waals surface area (Å²) in [7, 11) is 5.65. The van der Waals surface area contributed by atoms with E-state index in [4.69, 9.17) is 4.74 Å². The summed E-state index contributed by atoms with van der Waals surface area (Å²) >= 11 is 0. The van der Waals surface area contributed by atoms with E-state index in [0.717, 1.165) is 17.0 Å². The molecule has 7 nitrogen and oxygen atoms in total. The van der Waals surface area contributed by atoms with Gasteiger partial charge in [0.2, 0.25) is 5.91 Å². The molecule has 7 heteroatoms. The highest BCUT2D eigenvalue weighted by molar-refractivity contribution is 5.88. The molecule has 3 rings (SSSR count). The second kappa shape index (κ2) is 6.00. The molecule has 122 valence electrons. The maximum Gasteiger partial charge on any atom is 0.245 e. The molecular weight excluding hydrogens is 294 g/mol. The van der Waals surface area contributed by atoms with Crippen molar-refractivity contribution in [1.82, 2.24) is 25.2 Å². The van der Waals surface area contributed by atoms with Gasteiger partial charge < -0.3 is 10.1 Å². The molecule has 0 saturated heterocycles. The van der Waals surface area contributed by atoms with Crippen LogP contribution in [0, 0.1) is 0 Å². The first kappa shape index (κ1) is 15.5. The molecule has 0 fully saturated rings. The third kappa shape index (κ3) is 2.57. The molecule has 0 saturated carbocycles. The molecule has 2 aromatic rings. The van der Waals surface area contributed by atoms with Crippen LogP contribution in [0.5, 0.6) is 5.75 Å². The summed E-state index contributed by atoms with van der Waals surface area (Å²) in [5.74, 6) is 0.726. The average Bonchev–Trinajstić information content (AvgIpc) is 2.96. The summed E-state index contributed by atoms with van der Waals surface area (Å²) in [5, 5.41) is 10.7. The van der Waals surface area contributed by atoms with Crippen molar-refractivity contribution in [3.8, 4) is 5.75 Å². The third-order valence-corrected chi connectivity index (χ3v) is 4.43. The second-order valence-electron chi connectivity index (χ2n) is 5.88. The quantitative estimate of drug-likeness (QED) is 0.898. The summed E-state index contributed by atoms with van der Waals surface area (Å²) in [4.78, 5) is 15.0. The number of aromatic nitrogens is 3. The largest absolute Gasteiger partial charge is 0.493 e. The Labute approximate surface area is 135 Å². The number of nitrogens with one attached hydrogen (secondary N) is 1. The maximum atomic E-state index is 13.1. The number of amides is 1. The zero-order valence-electron chi connectivity index (χ0n) is 13.6. The molecule has 1 aliphatic rings. The van der Waals surface area contributed by atoms with E-state index in [9.17, 15) is 4.79 Å². The van der Waals surface area contributed by atoms with Crippen molar-refractivity contribution in [1.29, 1.82) is 0 Å².